The van der Waals surface area contributed by atoms with Gasteiger partial charge in [0.2, 0.25) is 5.91 Å². The number of allylic oxidation sites excluding steroid dienone is 15. The lowest BCUT2D eigenvalue weighted by Crippen LogP contribution is -2.45. The first-order chi connectivity index (χ1) is 36.0. The summed E-state index contributed by atoms with van der Waals surface area (Å²) in [6.45, 7) is 4.54. The molecule has 9 heteroatoms. The molecule has 0 aromatic rings. The van der Waals surface area contributed by atoms with Crippen LogP contribution in [-0.4, -0.2) is 68.5 Å². The molecule has 3 atom stereocenters. The van der Waals surface area contributed by atoms with E-state index < -0.39 is 20.0 Å². The van der Waals surface area contributed by atoms with Crippen LogP contribution in [0.4, 0.5) is 0 Å². The number of aliphatic hydroxyl groups excluding tert-OH is 1. The predicted molar refractivity (Wildman–Crippen MR) is 320 cm³/mol. The van der Waals surface area contributed by atoms with Crippen LogP contribution in [0.25, 0.3) is 0 Å². The predicted octanol–water partition coefficient (Wildman–Crippen LogP) is 18.4. The van der Waals surface area contributed by atoms with Gasteiger partial charge in [-0.1, -0.05) is 272 Å². The maximum atomic E-state index is 13.0. The number of unbranched alkanes of at least 4 members (excludes halogenated alkanes) is 28. The van der Waals surface area contributed by atoms with Gasteiger partial charge in [-0.05, 0) is 77.0 Å². The topological polar surface area (TPSA) is 108 Å². The normalized spacial score (nSPS) is 14.5. The van der Waals surface area contributed by atoms with E-state index >= 15 is 0 Å². The van der Waals surface area contributed by atoms with Gasteiger partial charge < -0.3 is 28.8 Å². The Labute approximate surface area is 458 Å². The molecule has 2 N–H and O–H groups in total. The minimum absolute atomic E-state index is 0.00416. The van der Waals surface area contributed by atoms with Gasteiger partial charge in [0, 0.05) is 6.42 Å². The Kier molecular flexibility index (Phi) is 53.3. The lowest BCUT2D eigenvalue weighted by atomic mass is 10.0. The number of nitrogens with one attached hydrogen (secondary N) is 1. The maximum absolute atomic E-state index is 13.0. The molecule has 0 bridgehead atoms. The van der Waals surface area contributed by atoms with Gasteiger partial charge >= 0.3 is 0 Å². The highest BCUT2D eigenvalue weighted by atomic mass is 31.2. The number of likely N-dealkylation sites (N-methyl/N-ethyl adjacent to an activating group) is 1. The average molecular weight is 1050 g/mol. The van der Waals surface area contributed by atoms with Crippen molar-refractivity contribution >= 4 is 13.7 Å². The van der Waals surface area contributed by atoms with E-state index in [1.54, 1.807) is 6.08 Å². The molecule has 0 aromatic heterocycles. The number of carbonyl (C=O) groups excluding carboxylic acids is 1. The van der Waals surface area contributed by atoms with Crippen LogP contribution < -0.4 is 10.2 Å². The van der Waals surface area contributed by atoms with Crippen molar-refractivity contribution in [1.29, 1.82) is 0 Å². The van der Waals surface area contributed by atoms with E-state index in [2.05, 4.69) is 104 Å². The van der Waals surface area contributed by atoms with E-state index in [-0.39, 0.29) is 19.1 Å². The molecular weight excluding hydrogens is 936 g/mol. The zero-order valence-corrected chi connectivity index (χ0v) is 49.7. The van der Waals surface area contributed by atoms with Crippen molar-refractivity contribution in [3.8, 4) is 0 Å². The van der Waals surface area contributed by atoms with Gasteiger partial charge in [-0.15, -0.1) is 0 Å². The Balaban J connectivity index is 4.11. The van der Waals surface area contributed by atoms with E-state index in [1.165, 1.54) is 154 Å². The molecular formula is C65H117N2O6P. The molecule has 428 valence electrons. The van der Waals surface area contributed by atoms with Crippen LogP contribution in [-0.2, 0) is 18.4 Å². The molecule has 0 rings (SSSR count). The quantitative estimate of drug-likeness (QED) is 0.0272. The standard InChI is InChI=1S/C65H117N2O6P/c1-6-8-10-12-14-16-18-20-22-24-25-26-27-28-29-30-31-32-33-34-35-36-37-38-39-40-41-43-45-47-49-51-53-55-57-59-65(69)66-63(62-73-74(70,71)72-61-60-67(3,4)5)64(68)58-56-54-52-50-48-46-44-42-23-21-19-17-15-13-11-9-7-2/h8,10,14,16,20,22,25-26,28-29,31-32,34-35,56,58,63-64,68H,6-7,9,11-13,15,17-19,21,23-24,27,30,33,36-55,57,59-62H2,1-5H3,(H-,66,69,70,71)/b10-8-,16-14-,22-20-,26-25-,29-28-,32-31-,35-34-,58-56+. The number of quaternary nitrogens is 1. The summed E-state index contributed by atoms with van der Waals surface area (Å²) < 4.78 is 23.4. The maximum Gasteiger partial charge on any atom is 0.268 e. The fraction of sp³-hybridized carbons (Fsp3) is 0.738. The molecule has 0 aliphatic carbocycles. The number of phosphoric acid groups is 1. The summed E-state index contributed by atoms with van der Waals surface area (Å²) in [5.41, 5.74) is 0. The highest BCUT2D eigenvalue weighted by Crippen LogP contribution is 2.38. The molecule has 1 amide bonds. The summed E-state index contributed by atoms with van der Waals surface area (Å²) in [6, 6.07) is -0.892. The van der Waals surface area contributed by atoms with E-state index in [0.29, 0.717) is 17.4 Å². The van der Waals surface area contributed by atoms with Crippen LogP contribution in [0.2, 0.25) is 0 Å². The summed E-state index contributed by atoms with van der Waals surface area (Å²) in [7, 11) is 1.26. The van der Waals surface area contributed by atoms with E-state index in [9.17, 15) is 19.4 Å². The van der Waals surface area contributed by atoms with Crippen LogP contribution in [0.1, 0.15) is 258 Å². The van der Waals surface area contributed by atoms with Gasteiger partial charge in [0.1, 0.15) is 13.2 Å². The lowest BCUT2D eigenvalue weighted by Gasteiger charge is -2.29. The van der Waals surface area contributed by atoms with Crippen molar-refractivity contribution in [3.63, 3.8) is 0 Å². The van der Waals surface area contributed by atoms with Crippen molar-refractivity contribution in [1.82, 2.24) is 5.32 Å². The number of hydrogen-bond acceptors (Lipinski definition) is 6. The zero-order chi connectivity index (χ0) is 54.2. The molecule has 0 fully saturated rings. The van der Waals surface area contributed by atoms with Gasteiger partial charge in [-0.25, -0.2) is 0 Å². The first-order valence-electron chi connectivity index (χ1n) is 30.6. The molecule has 0 aliphatic rings. The summed E-state index contributed by atoms with van der Waals surface area (Å²) in [5.74, 6) is -0.201. The van der Waals surface area contributed by atoms with Gasteiger partial charge in [0.05, 0.1) is 39.9 Å². The Morgan fingerprint density at radius 2 is 0.824 bits per heavy atom. The molecule has 0 radical (unpaired) electrons. The fourth-order valence-electron chi connectivity index (χ4n) is 8.55. The number of aliphatic hydroxyl groups is 1. The fourth-order valence-corrected chi connectivity index (χ4v) is 9.27. The number of nitrogens with zero attached hydrogens (tertiary/aromatic N) is 1. The third-order valence-corrected chi connectivity index (χ3v) is 14.3. The molecule has 8 nitrogen and oxygen atoms in total. The van der Waals surface area contributed by atoms with E-state index in [0.717, 1.165) is 83.5 Å². The highest BCUT2D eigenvalue weighted by molar-refractivity contribution is 7.45. The Morgan fingerprint density at radius 3 is 1.20 bits per heavy atom. The SMILES string of the molecule is CC/C=C\C/C=C\C/C=C\C/C=C\C/C=C\C/C=C\C/C=C\CCCCCCCCCCCCCCCC(=O)NC(COP(=O)([O-])OCC[N+](C)(C)C)C(O)/C=C/CCCCCCCCCCCCCCCCC. The largest absolute Gasteiger partial charge is 0.756 e. The van der Waals surface area contributed by atoms with Crippen molar-refractivity contribution in [3.05, 3.63) is 97.2 Å². The average Bonchev–Trinajstić information content (AvgIpc) is 3.36. The van der Waals surface area contributed by atoms with E-state index in [4.69, 9.17) is 9.05 Å². The van der Waals surface area contributed by atoms with Crippen molar-refractivity contribution in [2.24, 2.45) is 0 Å². The van der Waals surface area contributed by atoms with Crippen LogP contribution >= 0.6 is 7.82 Å². The number of rotatable bonds is 55. The number of hydrogen-bond donors (Lipinski definition) is 2. The minimum Gasteiger partial charge on any atom is -0.756 e. The minimum atomic E-state index is -4.60. The van der Waals surface area contributed by atoms with Gasteiger partial charge in [0.25, 0.3) is 7.82 Å². The summed E-state index contributed by atoms with van der Waals surface area (Å²) in [5, 5.41) is 13.9. The second-order valence-electron chi connectivity index (χ2n) is 21.7. The molecule has 0 spiro atoms. The molecule has 0 aromatic carbocycles. The van der Waals surface area contributed by atoms with E-state index in [1.807, 2.05) is 27.2 Å². The second-order valence-corrected chi connectivity index (χ2v) is 23.1. The molecule has 0 saturated heterocycles. The highest BCUT2D eigenvalue weighted by Gasteiger charge is 2.23. The Bertz CT molecular complexity index is 1520. The zero-order valence-electron chi connectivity index (χ0n) is 48.8. The summed E-state index contributed by atoms with van der Waals surface area (Å²) in [6.07, 6.45) is 79.1. The van der Waals surface area contributed by atoms with Crippen LogP contribution in [0.3, 0.4) is 0 Å². The third-order valence-electron chi connectivity index (χ3n) is 13.3. The lowest BCUT2D eigenvalue weighted by molar-refractivity contribution is -0.870. The Morgan fingerprint density at radius 1 is 0.486 bits per heavy atom. The van der Waals surface area contributed by atoms with Crippen molar-refractivity contribution in [2.45, 2.75) is 270 Å². The van der Waals surface area contributed by atoms with Crippen molar-refractivity contribution in [2.75, 3.05) is 40.9 Å². The van der Waals surface area contributed by atoms with Crippen molar-refractivity contribution < 1.29 is 32.9 Å². The van der Waals surface area contributed by atoms with Crippen LogP contribution in [0, 0.1) is 0 Å². The molecule has 3 unspecified atom stereocenters. The molecule has 74 heavy (non-hydrogen) atoms. The van der Waals surface area contributed by atoms with Gasteiger partial charge in [-0.2, -0.15) is 0 Å². The molecule has 0 heterocycles. The second kappa shape index (κ2) is 55.2. The van der Waals surface area contributed by atoms with Gasteiger partial charge in [0.15, 0.2) is 0 Å². The first kappa shape index (κ1) is 71.4. The third kappa shape index (κ3) is 57.1. The first-order valence-corrected chi connectivity index (χ1v) is 32.1. The smallest absolute Gasteiger partial charge is 0.268 e. The van der Waals surface area contributed by atoms with Crippen LogP contribution in [0.15, 0.2) is 97.2 Å². The number of carbonyl (C=O) groups is 1. The molecule has 0 saturated carbocycles. The Hall–Kier alpha value is -2.58. The number of phosphoric ester groups is 1. The van der Waals surface area contributed by atoms with Crippen LogP contribution in [0.5, 0.6) is 0 Å². The number of amides is 1. The monoisotopic (exact) mass is 1050 g/mol. The molecule has 0 aliphatic heterocycles. The summed E-state index contributed by atoms with van der Waals surface area (Å²) >= 11 is 0. The summed E-state index contributed by atoms with van der Waals surface area (Å²) in [4.78, 5) is 25.5. The van der Waals surface area contributed by atoms with Gasteiger partial charge in [-0.3, -0.25) is 9.36 Å².